The van der Waals surface area contributed by atoms with Gasteiger partial charge in [0.25, 0.3) is 0 Å². The van der Waals surface area contributed by atoms with E-state index >= 15 is 0 Å². The van der Waals surface area contributed by atoms with E-state index in [9.17, 15) is 0 Å². The zero-order valence-electron chi connectivity index (χ0n) is 32.0. The van der Waals surface area contributed by atoms with Gasteiger partial charge in [0, 0.05) is 49.7 Å². The van der Waals surface area contributed by atoms with Gasteiger partial charge in [0.2, 0.25) is 0 Å². The van der Waals surface area contributed by atoms with E-state index in [1.165, 1.54) is 38.5 Å². The lowest BCUT2D eigenvalue weighted by atomic mass is 9.95. The quantitative estimate of drug-likeness (QED) is 0.162. The fraction of sp³-hybridized carbons (Fsp3) is 0.0182. The first-order valence-electron chi connectivity index (χ1n) is 19.8. The van der Waals surface area contributed by atoms with Crippen LogP contribution in [0.25, 0.3) is 82.8 Å². The molecule has 3 heteroatoms. The van der Waals surface area contributed by atoms with Crippen molar-refractivity contribution in [2.75, 3.05) is 4.90 Å². The predicted octanol–water partition coefficient (Wildman–Crippen LogP) is 15.5. The second-order valence-electron chi connectivity index (χ2n) is 15.0. The molecule has 9 aromatic carbocycles. The van der Waals surface area contributed by atoms with Crippen molar-refractivity contribution < 1.29 is 4.42 Å². The van der Waals surface area contributed by atoms with E-state index in [1.54, 1.807) is 0 Å². The summed E-state index contributed by atoms with van der Waals surface area (Å²) >= 11 is 0. The number of rotatable bonds is 7. The van der Waals surface area contributed by atoms with Crippen molar-refractivity contribution in [3.63, 3.8) is 0 Å². The number of aryl methyl sites for hydroxylation is 1. The van der Waals surface area contributed by atoms with Crippen LogP contribution < -0.4 is 4.90 Å². The molecule has 0 unspecified atom stereocenters. The van der Waals surface area contributed by atoms with Crippen LogP contribution in [0, 0.1) is 6.92 Å². The van der Waals surface area contributed by atoms with Crippen molar-refractivity contribution in [1.29, 1.82) is 0 Å². The van der Waals surface area contributed by atoms with Crippen LogP contribution in [0.2, 0.25) is 0 Å². The van der Waals surface area contributed by atoms with Crippen molar-refractivity contribution >= 4 is 60.8 Å². The molecule has 11 aromatic rings. The number of hydrogen-bond acceptors (Lipinski definition) is 2. The van der Waals surface area contributed by atoms with Crippen molar-refractivity contribution in [2.24, 2.45) is 0 Å². The summed E-state index contributed by atoms with van der Waals surface area (Å²) in [5.41, 5.74) is 16.4. The summed E-state index contributed by atoms with van der Waals surface area (Å²) in [4.78, 5) is 2.44. The molecule has 0 aliphatic heterocycles. The molecule has 274 valence electrons. The van der Waals surface area contributed by atoms with E-state index in [1.807, 2.05) is 6.07 Å². The summed E-state index contributed by atoms with van der Waals surface area (Å²) in [6.45, 7) is 2.20. The van der Waals surface area contributed by atoms with Crippen LogP contribution in [0.3, 0.4) is 0 Å². The fourth-order valence-corrected chi connectivity index (χ4v) is 8.78. The van der Waals surface area contributed by atoms with E-state index in [4.69, 9.17) is 4.42 Å². The highest BCUT2D eigenvalue weighted by atomic mass is 16.3. The van der Waals surface area contributed by atoms with Crippen molar-refractivity contribution in [2.45, 2.75) is 6.92 Å². The van der Waals surface area contributed by atoms with Crippen LogP contribution in [-0.2, 0) is 0 Å². The van der Waals surface area contributed by atoms with E-state index in [0.717, 1.165) is 66.9 Å². The third-order valence-corrected chi connectivity index (χ3v) is 11.5. The van der Waals surface area contributed by atoms with Gasteiger partial charge in [0.05, 0.1) is 16.7 Å². The van der Waals surface area contributed by atoms with Gasteiger partial charge < -0.3 is 13.9 Å². The molecule has 0 amide bonds. The Morgan fingerprint density at radius 3 is 1.76 bits per heavy atom. The third kappa shape index (κ3) is 5.59. The zero-order valence-corrected chi connectivity index (χ0v) is 32.0. The Morgan fingerprint density at radius 1 is 0.397 bits per heavy atom. The maximum Gasteiger partial charge on any atom is 0.143 e. The van der Waals surface area contributed by atoms with E-state index < -0.39 is 0 Å². The van der Waals surface area contributed by atoms with Gasteiger partial charge in [-0.05, 0) is 95.4 Å². The number of nitrogens with zero attached hydrogens (tertiary/aromatic N) is 2. The van der Waals surface area contributed by atoms with Crippen molar-refractivity contribution in [3.05, 3.63) is 218 Å². The van der Waals surface area contributed by atoms with Crippen molar-refractivity contribution in [3.8, 4) is 39.1 Å². The Balaban J connectivity index is 1.19. The second kappa shape index (κ2) is 13.8. The third-order valence-electron chi connectivity index (χ3n) is 11.5. The maximum atomic E-state index is 6.81. The fourth-order valence-electron chi connectivity index (χ4n) is 8.78. The molecule has 0 bridgehead atoms. The lowest BCUT2D eigenvalue weighted by Crippen LogP contribution is -2.13. The number of hydrogen-bond donors (Lipinski definition) is 0. The molecule has 0 N–H and O–H groups in total. The minimum Gasteiger partial charge on any atom is -0.455 e. The summed E-state index contributed by atoms with van der Waals surface area (Å²) in [6.07, 6.45) is 0. The Hall–Kier alpha value is -7.62. The normalized spacial score (nSPS) is 11.5. The standard InChI is InChI=1S/C55H38N2O/c1-37-17-8-12-27-50(37)57(53-32-31-40(38-18-4-2-5-19-38)34-47(53)39-20-6-3-7-21-39)43-35-48(55-49(36-43)46-26-11-15-30-54(46)58-55)41-22-16-23-42(33-41)56-51-28-13-9-24-44(51)45-25-10-14-29-52(45)56/h2-36H,1H3. The smallest absolute Gasteiger partial charge is 0.143 e. The molecule has 58 heavy (non-hydrogen) atoms. The zero-order chi connectivity index (χ0) is 38.6. The molecule has 3 nitrogen and oxygen atoms in total. The molecule has 0 saturated heterocycles. The van der Waals surface area contributed by atoms with Gasteiger partial charge in [-0.3, -0.25) is 0 Å². The summed E-state index contributed by atoms with van der Waals surface area (Å²) in [6, 6.07) is 76.3. The molecule has 0 spiro atoms. The molecule has 0 fully saturated rings. The largest absolute Gasteiger partial charge is 0.455 e. The highest BCUT2D eigenvalue weighted by molar-refractivity contribution is 6.13. The Kier molecular flexibility index (Phi) is 8.04. The molecule has 2 heterocycles. The van der Waals surface area contributed by atoms with Gasteiger partial charge in [0.15, 0.2) is 0 Å². The Morgan fingerprint density at radius 2 is 1.02 bits per heavy atom. The molecule has 0 aliphatic rings. The minimum atomic E-state index is 0.870. The van der Waals surface area contributed by atoms with Gasteiger partial charge in [-0.25, -0.2) is 0 Å². The van der Waals surface area contributed by atoms with Crippen LogP contribution in [0.5, 0.6) is 0 Å². The number of para-hydroxylation sites is 4. The second-order valence-corrected chi connectivity index (χ2v) is 15.0. The highest BCUT2D eigenvalue weighted by Gasteiger charge is 2.24. The van der Waals surface area contributed by atoms with Crippen LogP contribution in [-0.4, -0.2) is 4.57 Å². The monoisotopic (exact) mass is 742 g/mol. The molecule has 0 saturated carbocycles. The number of fused-ring (bicyclic) bond motifs is 6. The van der Waals surface area contributed by atoms with E-state index in [2.05, 4.69) is 223 Å². The van der Waals surface area contributed by atoms with Gasteiger partial charge in [-0.1, -0.05) is 152 Å². The molecule has 0 atom stereocenters. The molecule has 2 aromatic heterocycles. The van der Waals surface area contributed by atoms with Gasteiger partial charge >= 0.3 is 0 Å². The Bertz CT molecular complexity index is 3250. The first-order chi connectivity index (χ1) is 28.7. The summed E-state index contributed by atoms with van der Waals surface area (Å²) in [5.74, 6) is 0. The van der Waals surface area contributed by atoms with Crippen molar-refractivity contribution in [1.82, 2.24) is 4.57 Å². The lowest BCUT2D eigenvalue weighted by molar-refractivity contribution is 0.670. The highest BCUT2D eigenvalue weighted by Crippen LogP contribution is 2.47. The topological polar surface area (TPSA) is 21.3 Å². The van der Waals surface area contributed by atoms with Crippen LogP contribution >= 0.6 is 0 Å². The number of benzene rings is 9. The first kappa shape index (κ1) is 33.7. The van der Waals surface area contributed by atoms with E-state index in [0.29, 0.717) is 0 Å². The van der Waals surface area contributed by atoms with Gasteiger partial charge in [-0.15, -0.1) is 0 Å². The van der Waals surface area contributed by atoms with Crippen LogP contribution in [0.15, 0.2) is 217 Å². The maximum absolute atomic E-state index is 6.81. The summed E-state index contributed by atoms with van der Waals surface area (Å²) < 4.78 is 9.19. The molecule has 0 aliphatic carbocycles. The molecule has 0 radical (unpaired) electrons. The van der Waals surface area contributed by atoms with Gasteiger partial charge in [-0.2, -0.15) is 0 Å². The first-order valence-corrected chi connectivity index (χ1v) is 19.8. The SMILES string of the molecule is Cc1ccccc1N(c1cc(-c2cccc(-n3c4ccccc4c4ccccc43)c2)c2oc3ccccc3c2c1)c1ccc(-c2ccccc2)cc1-c1ccccc1. The minimum absolute atomic E-state index is 0.870. The molecular weight excluding hydrogens is 705 g/mol. The number of aromatic nitrogens is 1. The molecule has 11 rings (SSSR count). The van der Waals surface area contributed by atoms with Gasteiger partial charge in [0.1, 0.15) is 11.2 Å². The Labute approximate surface area is 337 Å². The summed E-state index contributed by atoms with van der Waals surface area (Å²) in [5, 5.41) is 4.65. The average molecular weight is 743 g/mol. The lowest BCUT2D eigenvalue weighted by Gasteiger charge is -2.30. The average Bonchev–Trinajstić information content (AvgIpc) is 3.84. The molecular formula is C55H38N2O. The van der Waals surface area contributed by atoms with Crippen LogP contribution in [0.1, 0.15) is 5.56 Å². The number of anilines is 3. The number of furan rings is 1. The van der Waals surface area contributed by atoms with E-state index in [-0.39, 0.29) is 0 Å². The summed E-state index contributed by atoms with van der Waals surface area (Å²) in [7, 11) is 0. The predicted molar refractivity (Wildman–Crippen MR) is 244 cm³/mol. The van der Waals surface area contributed by atoms with Crippen LogP contribution in [0.4, 0.5) is 17.1 Å².